The van der Waals surface area contributed by atoms with Crippen LogP contribution in [-0.4, -0.2) is 18.7 Å². The fraction of sp³-hybridized carbons (Fsp3) is 0. The lowest BCUT2D eigenvalue weighted by Gasteiger charge is -2.15. The Balaban J connectivity index is 0.000000106. The van der Waals surface area contributed by atoms with Crippen molar-refractivity contribution in [3.05, 3.63) is 486 Å². The van der Waals surface area contributed by atoms with Gasteiger partial charge in [0.1, 0.15) is 11.2 Å². The Morgan fingerprint density at radius 2 is 0.485 bits per heavy atom. The maximum Gasteiger partial charge on any atom is 0.143 e. The van der Waals surface area contributed by atoms with E-state index in [4.69, 9.17) is 4.42 Å². The van der Waals surface area contributed by atoms with Crippen molar-refractivity contribution in [2.24, 2.45) is 0 Å². The molecule has 0 aliphatic heterocycles. The maximum absolute atomic E-state index is 6.49. The second kappa shape index (κ2) is 32.8. The van der Waals surface area contributed by atoms with Gasteiger partial charge in [-0.05, 0) is 214 Å². The van der Waals surface area contributed by atoms with Gasteiger partial charge >= 0.3 is 0 Å². The number of para-hydroxylation sites is 8. The molecule has 7 heterocycles. The van der Waals surface area contributed by atoms with Crippen molar-refractivity contribution >= 4 is 215 Å². The van der Waals surface area contributed by atoms with Crippen LogP contribution in [0.4, 0.5) is 0 Å². The zero-order chi connectivity index (χ0) is 87.1. The Bertz CT molecular complexity index is 9180. The molecule has 0 bridgehead atoms. The monoisotopic (exact) mass is 1720 g/mol. The van der Waals surface area contributed by atoms with Crippen molar-refractivity contribution in [1.82, 2.24) is 18.7 Å². The van der Waals surface area contributed by atoms with Crippen LogP contribution in [0.15, 0.2) is 490 Å². The predicted octanol–water partition coefficient (Wildman–Crippen LogP) is 35.7. The fourth-order valence-corrected chi connectivity index (χ4v) is 22.8. The molecule has 20 aromatic carbocycles. The number of hydrogen-bond donors (Lipinski definition) is 0. The minimum absolute atomic E-state index is 0.909. The lowest BCUT2D eigenvalue weighted by atomic mass is 9.98. The van der Waals surface area contributed by atoms with Gasteiger partial charge in [-0.2, -0.15) is 0 Å². The standard InChI is InChI=1S/C42H27NO.C42H27NS.C41H26N2S/c2*1-2-13-29(14-3-1)43-39-23-10-8-19-35(39)33-17-6-4-15-31(33)32-16-5-7-18-34(32)38-27-28(25-26-40(38)43)30-21-12-22-37-36-20-9-11-24-41(36)44-42(30)37;1-2-10-29(11-3-1)43-38-17-9-8-16-34(38)32-14-6-4-12-30(32)31-13-5-7-15-33(31)36-24-27(18-20-39(36)43)28-19-21-40-37(25-28)35-22-23-42-26-41(35)44-40/h2*1-27H;1-26H. The molecule has 0 aliphatic carbocycles. The van der Waals surface area contributed by atoms with Gasteiger partial charge in [-0.3, -0.25) is 4.98 Å². The van der Waals surface area contributed by atoms with Crippen molar-refractivity contribution in [2.45, 2.75) is 0 Å². The number of thiophene rings is 2. The molecule has 0 fully saturated rings. The highest BCUT2D eigenvalue weighted by Crippen LogP contribution is 2.46. The minimum atomic E-state index is 0.909. The summed E-state index contributed by atoms with van der Waals surface area (Å²) in [5.74, 6) is 0. The van der Waals surface area contributed by atoms with Crippen molar-refractivity contribution in [3.8, 4) is 50.4 Å². The van der Waals surface area contributed by atoms with Crippen LogP contribution in [0.25, 0.3) is 243 Å². The van der Waals surface area contributed by atoms with Crippen LogP contribution < -0.4 is 0 Å². The van der Waals surface area contributed by atoms with E-state index in [-0.39, 0.29) is 0 Å². The minimum Gasteiger partial charge on any atom is -0.455 e. The fourth-order valence-electron chi connectivity index (χ4n) is 20.5. The van der Waals surface area contributed by atoms with Crippen molar-refractivity contribution in [3.63, 3.8) is 0 Å². The molecule has 5 nitrogen and oxygen atoms in total. The first-order valence-electron chi connectivity index (χ1n) is 44.9. The highest BCUT2D eigenvalue weighted by molar-refractivity contribution is 7.26. The van der Waals surface area contributed by atoms with Crippen LogP contribution in [-0.2, 0) is 0 Å². The summed E-state index contributed by atoms with van der Waals surface area (Å²) in [7, 11) is 0. The smallest absolute Gasteiger partial charge is 0.143 e. The SMILES string of the molecule is c1ccc(-n2c3ccccc3c3ccccc3c3ccccc3c3cc(-c4ccc5sc6cnccc6c5c4)ccc32)cc1.c1ccc(-n2c3ccccc3c3ccccc3c3ccccc3c3cc(-c4cccc5c4oc4ccccc45)ccc32)cc1.c1ccc(-n2c3ccccc3c3ccccc3c3ccccc3c3cc(-c4cccc5c4sc4ccccc45)ccc32)cc1. The Morgan fingerprint density at radius 3 is 0.939 bits per heavy atom. The van der Waals surface area contributed by atoms with Crippen molar-refractivity contribution in [1.29, 1.82) is 0 Å². The van der Waals surface area contributed by atoms with E-state index in [1.165, 1.54) is 165 Å². The molecular weight excluding hydrogens is 1640 g/mol. The molecule has 0 saturated carbocycles. The molecule has 0 amide bonds. The summed E-state index contributed by atoms with van der Waals surface area (Å²) < 4.78 is 18.9. The van der Waals surface area contributed by atoms with Gasteiger partial charge in [-0.25, -0.2) is 0 Å². The molecule has 7 aromatic heterocycles. The van der Waals surface area contributed by atoms with Gasteiger partial charge in [0.05, 0.1) is 37.8 Å². The molecule has 0 N–H and O–H groups in total. The molecule has 0 saturated heterocycles. The number of hydrogen-bond acceptors (Lipinski definition) is 4. The third kappa shape index (κ3) is 13.3. The molecular formula is C125H80N4OS2. The number of benzene rings is 20. The molecule has 0 atom stereocenters. The van der Waals surface area contributed by atoms with E-state index < -0.39 is 0 Å². The molecule has 132 heavy (non-hydrogen) atoms. The lowest BCUT2D eigenvalue weighted by Crippen LogP contribution is -1.97. The van der Waals surface area contributed by atoms with Gasteiger partial charge < -0.3 is 18.1 Å². The van der Waals surface area contributed by atoms with E-state index in [1.54, 1.807) is 11.3 Å². The summed E-state index contributed by atoms with van der Waals surface area (Å²) in [6, 6.07) is 172. The number of rotatable bonds is 6. The van der Waals surface area contributed by atoms with Crippen molar-refractivity contribution in [2.75, 3.05) is 0 Å². The first-order chi connectivity index (χ1) is 65.5. The Labute approximate surface area is 768 Å². The number of fused-ring (bicyclic) bond motifs is 30. The van der Waals surface area contributed by atoms with E-state index in [0.29, 0.717) is 0 Å². The Kier molecular flexibility index (Phi) is 19.3. The number of pyridine rings is 1. The topological polar surface area (TPSA) is 40.8 Å². The summed E-state index contributed by atoms with van der Waals surface area (Å²) in [6.07, 6.45) is 3.86. The number of furan rings is 1. The Hall–Kier alpha value is -16.8. The molecule has 0 spiro atoms. The predicted molar refractivity (Wildman–Crippen MR) is 567 cm³/mol. The maximum atomic E-state index is 6.49. The van der Waals surface area contributed by atoms with E-state index >= 15 is 0 Å². The van der Waals surface area contributed by atoms with Gasteiger partial charge in [0.2, 0.25) is 0 Å². The van der Waals surface area contributed by atoms with Gasteiger partial charge in [0.15, 0.2) is 0 Å². The van der Waals surface area contributed by atoms with Crippen LogP contribution in [0.1, 0.15) is 0 Å². The van der Waals surface area contributed by atoms with E-state index in [1.807, 2.05) is 35.9 Å². The average molecular weight is 1720 g/mol. The van der Waals surface area contributed by atoms with Gasteiger partial charge in [-0.1, -0.05) is 352 Å². The summed E-state index contributed by atoms with van der Waals surface area (Å²) in [5, 5.41) is 29.4. The molecule has 0 unspecified atom stereocenters. The van der Waals surface area contributed by atoms with Crippen LogP contribution in [0, 0.1) is 0 Å². The summed E-state index contributed by atoms with van der Waals surface area (Å²) in [4.78, 5) is 4.35. The lowest BCUT2D eigenvalue weighted by molar-refractivity contribution is 0.670. The van der Waals surface area contributed by atoms with Gasteiger partial charge in [0.25, 0.3) is 0 Å². The third-order valence-electron chi connectivity index (χ3n) is 26.4. The highest BCUT2D eigenvalue weighted by atomic mass is 32.1. The summed E-state index contributed by atoms with van der Waals surface area (Å²) in [5.41, 5.74) is 19.2. The zero-order valence-corrected chi connectivity index (χ0v) is 73.3. The van der Waals surface area contributed by atoms with Gasteiger partial charge in [0, 0.05) is 114 Å². The molecule has 27 aromatic rings. The van der Waals surface area contributed by atoms with Crippen LogP contribution >= 0.6 is 22.7 Å². The average Bonchev–Trinajstić information content (AvgIpc) is 1.58. The second-order valence-electron chi connectivity index (χ2n) is 33.8. The zero-order valence-electron chi connectivity index (χ0n) is 71.7. The van der Waals surface area contributed by atoms with E-state index in [0.717, 1.165) is 77.7 Å². The molecule has 0 aliphatic rings. The molecule has 0 radical (unpaired) electrons. The number of aromatic nitrogens is 4. The summed E-state index contributed by atoms with van der Waals surface area (Å²) in [6.45, 7) is 0. The van der Waals surface area contributed by atoms with Crippen molar-refractivity contribution < 1.29 is 4.42 Å². The molecule has 27 rings (SSSR count). The summed E-state index contributed by atoms with van der Waals surface area (Å²) >= 11 is 3.69. The quantitative estimate of drug-likeness (QED) is 0.166. The number of nitrogens with zero attached hydrogens (tertiary/aromatic N) is 4. The van der Waals surface area contributed by atoms with Gasteiger partial charge in [-0.15, -0.1) is 22.7 Å². The third-order valence-corrected chi connectivity index (χ3v) is 28.7. The second-order valence-corrected chi connectivity index (χ2v) is 35.9. The van der Waals surface area contributed by atoms with E-state index in [9.17, 15) is 0 Å². The van der Waals surface area contributed by atoms with Crippen LogP contribution in [0.5, 0.6) is 0 Å². The largest absolute Gasteiger partial charge is 0.455 e. The Morgan fingerprint density at radius 1 is 0.182 bits per heavy atom. The highest BCUT2D eigenvalue weighted by Gasteiger charge is 2.21. The van der Waals surface area contributed by atoms with E-state index in [2.05, 4.69) is 480 Å². The molecule has 618 valence electrons. The molecule has 7 heteroatoms. The first-order valence-corrected chi connectivity index (χ1v) is 46.6. The van der Waals surface area contributed by atoms with Crippen LogP contribution in [0.2, 0.25) is 0 Å². The van der Waals surface area contributed by atoms with Crippen LogP contribution in [0.3, 0.4) is 0 Å². The normalized spacial score (nSPS) is 11.6. The first kappa shape index (κ1) is 77.5.